The van der Waals surface area contributed by atoms with Gasteiger partial charge >= 0.3 is 5.97 Å². The van der Waals surface area contributed by atoms with Crippen molar-refractivity contribution in [2.75, 3.05) is 7.11 Å². The summed E-state index contributed by atoms with van der Waals surface area (Å²) in [6.07, 6.45) is -0.942. The Morgan fingerprint density at radius 2 is 1.53 bits per heavy atom. The van der Waals surface area contributed by atoms with Gasteiger partial charge in [0.15, 0.2) is 6.10 Å². The molecule has 0 aliphatic heterocycles. The van der Waals surface area contributed by atoms with Crippen LogP contribution in [-0.4, -0.2) is 30.0 Å². The monoisotopic (exact) mass is 425 g/mol. The van der Waals surface area contributed by atoms with Gasteiger partial charge in [0.1, 0.15) is 5.75 Å². The van der Waals surface area contributed by atoms with Crippen LogP contribution >= 0.6 is 0 Å². The smallest absolute Gasteiger partial charge is 0.339 e. The fourth-order valence-electron chi connectivity index (χ4n) is 3.71. The fourth-order valence-corrected chi connectivity index (χ4v) is 3.71. The minimum atomic E-state index is -0.942. The first-order valence-corrected chi connectivity index (χ1v) is 10.3. The van der Waals surface area contributed by atoms with Crippen molar-refractivity contribution in [3.63, 3.8) is 0 Å². The average Bonchev–Trinajstić information content (AvgIpc) is 2.83. The third kappa shape index (κ3) is 4.10. The topological polar surface area (TPSA) is 65.5 Å². The molecule has 32 heavy (non-hydrogen) atoms. The molecular weight excluding hydrogens is 402 g/mol. The number of Topliss-reactive ketones (excluding diaryl/α,β-unsaturated/α-hetero) is 1. The number of methoxy groups -OCH3 is 1. The minimum Gasteiger partial charge on any atom is -0.497 e. The summed E-state index contributed by atoms with van der Waals surface area (Å²) in [4.78, 5) is 30.9. The van der Waals surface area contributed by atoms with E-state index in [0.29, 0.717) is 39.0 Å². The quantitative estimate of drug-likeness (QED) is 0.295. The van der Waals surface area contributed by atoms with Crippen molar-refractivity contribution in [1.82, 2.24) is 4.98 Å². The van der Waals surface area contributed by atoms with Crippen molar-refractivity contribution < 1.29 is 19.1 Å². The number of hydrogen-bond acceptors (Lipinski definition) is 5. The van der Waals surface area contributed by atoms with Crippen LogP contribution in [-0.2, 0) is 4.74 Å². The highest BCUT2D eigenvalue weighted by Crippen LogP contribution is 2.30. The number of aromatic nitrogens is 1. The van der Waals surface area contributed by atoms with Crippen LogP contribution in [0.15, 0.2) is 78.9 Å². The van der Waals surface area contributed by atoms with E-state index in [1.165, 1.54) is 0 Å². The van der Waals surface area contributed by atoms with Gasteiger partial charge in [0, 0.05) is 16.5 Å². The lowest BCUT2D eigenvalue weighted by atomic mass is 9.97. The number of nitrogens with zero attached hydrogens (tertiary/aromatic N) is 1. The SMILES string of the molecule is COc1ccc(C(=O)C(C)OC(=O)c2c(C)c(-c3ccccc3)nc3ccccc23)cc1. The second kappa shape index (κ2) is 9.02. The van der Waals surface area contributed by atoms with Crippen molar-refractivity contribution in [2.24, 2.45) is 0 Å². The van der Waals surface area contributed by atoms with Gasteiger partial charge in [-0.05, 0) is 49.7 Å². The van der Waals surface area contributed by atoms with E-state index in [4.69, 9.17) is 14.5 Å². The maximum Gasteiger partial charge on any atom is 0.339 e. The molecule has 4 rings (SSSR count). The van der Waals surface area contributed by atoms with Gasteiger partial charge in [0.05, 0.1) is 23.9 Å². The Hall–Kier alpha value is -3.99. The zero-order chi connectivity index (χ0) is 22.7. The Kier molecular flexibility index (Phi) is 5.99. The molecule has 0 spiro atoms. The van der Waals surface area contributed by atoms with E-state index in [1.54, 1.807) is 38.3 Å². The van der Waals surface area contributed by atoms with E-state index in [2.05, 4.69) is 0 Å². The molecule has 4 aromatic rings. The molecule has 3 aromatic carbocycles. The molecule has 0 amide bonds. The molecule has 5 heteroatoms. The lowest BCUT2D eigenvalue weighted by Crippen LogP contribution is -2.25. The van der Waals surface area contributed by atoms with E-state index >= 15 is 0 Å². The minimum absolute atomic E-state index is 0.277. The molecule has 160 valence electrons. The van der Waals surface area contributed by atoms with Gasteiger partial charge in [-0.3, -0.25) is 4.79 Å². The van der Waals surface area contributed by atoms with Gasteiger partial charge < -0.3 is 9.47 Å². The van der Waals surface area contributed by atoms with Gasteiger partial charge in [-0.15, -0.1) is 0 Å². The summed E-state index contributed by atoms with van der Waals surface area (Å²) >= 11 is 0. The lowest BCUT2D eigenvalue weighted by Gasteiger charge is -2.17. The lowest BCUT2D eigenvalue weighted by molar-refractivity contribution is 0.0320. The molecule has 0 aliphatic rings. The Morgan fingerprint density at radius 1 is 0.875 bits per heavy atom. The van der Waals surface area contributed by atoms with Crippen LogP contribution in [0.3, 0.4) is 0 Å². The van der Waals surface area contributed by atoms with Crippen LogP contribution in [0.4, 0.5) is 0 Å². The molecule has 5 nitrogen and oxygen atoms in total. The highest BCUT2D eigenvalue weighted by molar-refractivity contribution is 6.08. The number of rotatable bonds is 6. The summed E-state index contributed by atoms with van der Waals surface area (Å²) in [7, 11) is 1.56. The largest absolute Gasteiger partial charge is 0.497 e. The number of hydrogen-bond donors (Lipinski definition) is 0. The molecule has 0 saturated heterocycles. The molecule has 1 atom stereocenters. The maximum absolute atomic E-state index is 13.3. The highest BCUT2D eigenvalue weighted by atomic mass is 16.5. The third-order valence-corrected chi connectivity index (χ3v) is 5.41. The van der Waals surface area contributed by atoms with Crippen molar-refractivity contribution in [2.45, 2.75) is 20.0 Å². The number of para-hydroxylation sites is 1. The molecule has 0 fully saturated rings. The number of esters is 1. The molecule has 0 aliphatic carbocycles. The number of ether oxygens (including phenoxy) is 2. The zero-order valence-corrected chi connectivity index (χ0v) is 18.2. The summed E-state index contributed by atoms with van der Waals surface area (Å²) in [6, 6.07) is 23.9. The Labute approximate surface area is 186 Å². The first-order chi connectivity index (χ1) is 15.5. The maximum atomic E-state index is 13.3. The predicted molar refractivity (Wildman–Crippen MR) is 124 cm³/mol. The number of pyridine rings is 1. The van der Waals surface area contributed by atoms with Crippen LogP contribution in [0.1, 0.15) is 33.2 Å². The molecule has 1 aromatic heterocycles. The van der Waals surface area contributed by atoms with Gasteiger partial charge in [-0.1, -0.05) is 48.5 Å². The van der Waals surface area contributed by atoms with Crippen molar-refractivity contribution in [3.05, 3.63) is 95.6 Å². The summed E-state index contributed by atoms with van der Waals surface area (Å²) < 4.78 is 10.8. The Balaban J connectivity index is 1.69. The predicted octanol–water partition coefficient (Wildman–Crippen LogP) is 5.65. The van der Waals surface area contributed by atoms with Crippen LogP contribution in [0.25, 0.3) is 22.2 Å². The van der Waals surface area contributed by atoms with Crippen molar-refractivity contribution in [3.8, 4) is 17.0 Å². The van der Waals surface area contributed by atoms with Crippen LogP contribution in [0.5, 0.6) is 5.75 Å². The van der Waals surface area contributed by atoms with E-state index in [-0.39, 0.29) is 5.78 Å². The number of carbonyl (C=O) groups excluding carboxylic acids is 2. The Bertz CT molecular complexity index is 1280. The normalized spacial score (nSPS) is 11.7. The van der Waals surface area contributed by atoms with Gasteiger partial charge in [-0.2, -0.15) is 0 Å². The van der Waals surface area contributed by atoms with E-state index in [9.17, 15) is 9.59 Å². The molecule has 0 radical (unpaired) electrons. The fraction of sp³-hybridized carbons (Fsp3) is 0.148. The summed E-state index contributed by atoms with van der Waals surface area (Å²) in [6.45, 7) is 3.44. The number of carbonyl (C=O) groups is 2. The number of ketones is 1. The highest BCUT2D eigenvalue weighted by Gasteiger charge is 2.25. The second-order valence-corrected chi connectivity index (χ2v) is 7.48. The number of fused-ring (bicyclic) bond motifs is 1. The van der Waals surface area contributed by atoms with Crippen molar-refractivity contribution >= 4 is 22.7 Å². The standard InChI is InChI=1S/C27H23NO4/c1-17-24(27(30)32-18(2)26(29)20-13-15-21(31-3)16-14-20)22-11-7-8-12-23(22)28-25(17)19-9-5-4-6-10-19/h4-16,18H,1-3H3. The molecular formula is C27H23NO4. The molecule has 1 unspecified atom stereocenters. The van der Waals surface area contributed by atoms with Gasteiger partial charge in [-0.25, -0.2) is 9.78 Å². The molecule has 0 saturated carbocycles. The zero-order valence-electron chi connectivity index (χ0n) is 18.2. The average molecular weight is 425 g/mol. The van der Waals surface area contributed by atoms with Crippen LogP contribution in [0, 0.1) is 6.92 Å². The van der Waals surface area contributed by atoms with Crippen LogP contribution < -0.4 is 4.74 Å². The first-order valence-electron chi connectivity index (χ1n) is 10.3. The Morgan fingerprint density at radius 3 is 2.22 bits per heavy atom. The number of benzene rings is 3. The first kappa shape index (κ1) is 21.2. The second-order valence-electron chi connectivity index (χ2n) is 7.48. The molecule has 1 heterocycles. The van der Waals surface area contributed by atoms with Crippen molar-refractivity contribution in [1.29, 1.82) is 0 Å². The van der Waals surface area contributed by atoms with Crippen LogP contribution in [0.2, 0.25) is 0 Å². The van der Waals surface area contributed by atoms with E-state index in [0.717, 1.165) is 5.56 Å². The van der Waals surface area contributed by atoms with E-state index < -0.39 is 12.1 Å². The van der Waals surface area contributed by atoms with Gasteiger partial charge in [0.25, 0.3) is 0 Å². The molecule has 0 bridgehead atoms. The molecule has 0 N–H and O–H groups in total. The third-order valence-electron chi connectivity index (χ3n) is 5.41. The summed E-state index contributed by atoms with van der Waals surface area (Å²) in [5.74, 6) is -0.175. The summed E-state index contributed by atoms with van der Waals surface area (Å²) in [5, 5.41) is 0.693. The summed E-state index contributed by atoms with van der Waals surface area (Å²) in [5.41, 5.74) is 3.90. The van der Waals surface area contributed by atoms with Gasteiger partial charge in [0.2, 0.25) is 5.78 Å². The van der Waals surface area contributed by atoms with E-state index in [1.807, 2.05) is 61.5 Å².